The zero-order valence-corrected chi connectivity index (χ0v) is 11.3. The van der Waals surface area contributed by atoms with E-state index in [1.807, 2.05) is 0 Å². The summed E-state index contributed by atoms with van der Waals surface area (Å²) in [6, 6.07) is 4.53. The molecule has 0 atom stereocenters. The Morgan fingerprint density at radius 3 is 2.80 bits per heavy atom. The highest BCUT2D eigenvalue weighted by Gasteiger charge is 2.23. The van der Waals surface area contributed by atoms with Gasteiger partial charge in [0.05, 0.1) is 4.92 Å². The molecule has 20 heavy (non-hydrogen) atoms. The van der Waals surface area contributed by atoms with E-state index in [1.54, 1.807) is 11.0 Å². The molecule has 0 saturated heterocycles. The van der Waals surface area contributed by atoms with Crippen LogP contribution < -0.4 is 4.90 Å². The van der Waals surface area contributed by atoms with Crippen molar-refractivity contribution >= 4 is 23.1 Å². The van der Waals surface area contributed by atoms with Crippen LogP contribution in [0.15, 0.2) is 18.2 Å². The molecular weight excluding hydrogens is 260 g/mol. The first kappa shape index (κ1) is 14.2. The molecule has 2 rings (SSSR count). The predicted octanol–water partition coefficient (Wildman–Crippen LogP) is 2.24. The molecule has 0 spiro atoms. The third-order valence-corrected chi connectivity index (χ3v) is 3.39. The standard InChI is InChI=1S/C14H16N2O4/c1-10(17)7-8-15-13-6-5-12(16(19)20)9-11(13)3-2-4-14(15)18/h5-6,9H,2-4,7-8H2,1H3. The van der Waals surface area contributed by atoms with Crippen LogP contribution in [0.1, 0.15) is 31.7 Å². The van der Waals surface area contributed by atoms with Gasteiger partial charge in [-0.3, -0.25) is 19.7 Å². The van der Waals surface area contributed by atoms with E-state index < -0.39 is 4.92 Å². The van der Waals surface area contributed by atoms with Gasteiger partial charge in [-0.05, 0) is 31.4 Å². The van der Waals surface area contributed by atoms with Crippen LogP contribution in [0.5, 0.6) is 0 Å². The first-order valence-electron chi connectivity index (χ1n) is 6.56. The lowest BCUT2D eigenvalue weighted by molar-refractivity contribution is -0.384. The molecule has 1 aromatic carbocycles. The lowest BCUT2D eigenvalue weighted by Gasteiger charge is -2.22. The SMILES string of the molecule is CC(=O)CCN1C(=O)CCCc2cc([N+](=O)[O-])ccc21. The Kier molecular flexibility index (Phi) is 4.12. The lowest BCUT2D eigenvalue weighted by Crippen LogP contribution is -2.32. The lowest BCUT2D eigenvalue weighted by atomic mass is 10.1. The molecule has 1 aliphatic heterocycles. The summed E-state index contributed by atoms with van der Waals surface area (Å²) < 4.78 is 0. The van der Waals surface area contributed by atoms with Crippen molar-refractivity contribution in [2.45, 2.75) is 32.6 Å². The van der Waals surface area contributed by atoms with Crippen molar-refractivity contribution in [3.63, 3.8) is 0 Å². The molecule has 1 amide bonds. The summed E-state index contributed by atoms with van der Waals surface area (Å²) in [5, 5.41) is 10.8. The number of amides is 1. The van der Waals surface area contributed by atoms with E-state index in [9.17, 15) is 19.7 Å². The van der Waals surface area contributed by atoms with Crippen LogP contribution in [0, 0.1) is 10.1 Å². The molecule has 0 bridgehead atoms. The highest BCUT2D eigenvalue weighted by atomic mass is 16.6. The second kappa shape index (κ2) is 5.81. The van der Waals surface area contributed by atoms with Crippen molar-refractivity contribution in [1.82, 2.24) is 0 Å². The van der Waals surface area contributed by atoms with E-state index >= 15 is 0 Å². The van der Waals surface area contributed by atoms with Gasteiger partial charge in [-0.1, -0.05) is 0 Å². The quantitative estimate of drug-likeness (QED) is 0.624. The molecule has 0 aliphatic carbocycles. The number of carbonyl (C=O) groups is 2. The van der Waals surface area contributed by atoms with Crippen LogP contribution in [0.2, 0.25) is 0 Å². The van der Waals surface area contributed by atoms with Crippen molar-refractivity contribution in [3.8, 4) is 0 Å². The van der Waals surface area contributed by atoms with Crippen LogP contribution in [0.3, 0.4) is 0 Å². The molecule has 0 radical (unpaired) electrons. The highest BCUT2D eigenvalue weighted by molar-refractivity contribution is 5.95. The number of benzene rings is 1. The predicted molar refractivity (Wildman–Crippen MR) is 73.7 cm³/mol. The molecule has 0 N–H and O–H groups in total. The average molecular weight is 276 g/mol. The summed E-state index contributed by atoms with van der Waals surface area (Å²) in [6.07, 6.45) is 2.01. The van der Waals surface area contributed by atoms with E-state index in [0.29, 0.717) is 37.9 Å². The summed E-state index contributed by atoms with van der Waals surface area (Å²) >= 11 is 0. The second-order valence-corrected chi connectivity index (χ2v) is 4.92. The molecule has 0 fully saturated rings. The fraction of sp³-hybridized carbons (Fsp3) is 0.429. The first-order valence-corrected chi connectivity index (χ1v) is 6.56. The van der Waals surface area contributed by atoms with Gasteiger partial charge >= 0.3 is 0 Å². The van der Waals surface area contributed by atoms with Crippen LogP contribution in [-0.4, -0.2) is 23.2 Å². The monoisotopic (exact) mass is 276 g/mol. The molecule has 6 heteroatoms. The Morgan fingerprint density at radius 1 is 1.40 bits per heavy atom. The van der Waals surface area contributed by atoms with E-state index in [4.69, 9.17) is 0 Å². The number of hydrogen-bond acceptors (Lipinski definition) is 4. The molecule has 106 valence electrons. The van der Waals surface area contributed by atoms with Crippen LogP contribution in [0.25, 0.3) is 0 Å². The largest absolute Gasteiger partial charge is 0.312 e. The van der Waals surface area contributed by atoms with Gasteiger partial charge < -0.3 is 4.90 Å². The Balaban J connectivity index is 2.36. The third-order valence-electron chi connectivity index (χ3n) is 3.39. The van der Waals surface area contributed by atoms with Gasteiger partial charge in [0, 0.05) is 37.2 Å². The molecule has 1 aliphatic rings. The van der Waals surface area contributed by atoms with Gasteiger partial charge in [-0.15, -0.1) is 0 Å². The van der Waals surface area contributed by atoms with E-state index in [-0.39, 0.29) is 17.4 Å². The third kappa shape index (κ3) is 3.01. The van der Waals surface area contributed by atoms with Crippen LogP contribution >= 0.6 is 0 Å². The Morgan fingerprint density at radius 2 is 2.15 bits per heavy atom. The number of anilines is 1. The Hall–Kier alpha value is -2.24. The summed E-state index contributed by atoms with van der Waals surface area (Å²) in [6.45, 7) is 1.82. The van der Waals surface area contributed by atoms with Crippen LogP contribution in [-0.2, 0) is 16.0 Å². The Labute approximate surface area is 116 Å². The van der Waals surface area contributed by atoms with Gasteiger partial charge in [-0.2, -0.15) is 0 Å². The summed E-state index contributed by atoms with van der Waals surface area (Å²) in [5.74, 6) is -0.00985. The first-order chi connectivity index (χ1) is 9.49. The fourth-order valence-corrected chi connectivity index (χ4v) is 2.36. The number of Topliss-reactive ketones (excluding diaryl/α,β-unsaturated/α-hetero) is 1. The minimum atomic E-state index is -0.438. The van der Waals surface area contributed by atoms with E-state index in [1.165, 1.54) is 19.1 Å². The number of ketones is 1. The molecule has 6 nitrogen and oxygen atoms in total. The van der Waals surface area contributed by atoms with Crippen LogP contribution in [0.4, 0.5) is 11.4 Å². The van der Waals surface area contributed by atoms with Crippen molar-refractivity contribution in [2.75, 3.05) is 11.4 Å². The number of nitro groups is 1. The maximum absolute atomic E-state index is 12.1. The molecule has 1 heterocycles. The van der Waals surface area contributed by atoms with Crippen molar-refractivity contribution in [2.24, 2.45) is 0 Å². The fourth-order valence-electron chi connectivity index (χ4n) is 2.36. The number of nitro benzene ring substituents is 1. The normalized spacial score (nSPS) is 14.7. The van der Waals surface area contributed by atoms with Gasteiger partial charge in [-0.25, -0.2) is 0 Å². The molecule has 1 aromatic rings. The van der Waals surface area contributed by atoms with Gasteiger partial charge in [0.15, 0.2) is 0 Å². The number of carbonyl (C=O) groups excluding carboxylic acids is 2. The maximum Gasteiger partial charge on any atom is 0.269 e. The number of fused-ring (bicyclic) bond motifs is 1. The summed E-state index contributed by atoms with van der Waals surface area (Å²) in [5.41, 5.74) is 1.53. The topological polar surface area (TPSA) is 80.5 Å². The van der Waals surface area contributed by atoms with Gasteiger partial charge in [0.2, 0.25) is 5.91 Å². The van der Waals surface area contributed by atoms with E-state index in [2.05, 4.69) is 0 Å². The van der Waals surface area contributed by atoms with Crippen molar-refractivity contribution in [3.05, 3.63) is 33.9 Å². The minimum Gasteiger partial charge on any atom is -0.312 e. The number of non-ortho nitro benzene ring substituents is 1. The minimum absolute atomic E-state index is 0.0190. The average Bonchev–Trinajstić information content (AvgIpc) is 2.54. The highest BCUT2D eigenvalue weighted by Crippen LogP contribution is 2.30. The number of nitrogens with zero attached hydrogens (tertiary/aromatic N) is 2. The number of hydrogen-bond donors (Lipinski definition) is 0. The summed E-state index contributed by atoms with van der Waals surface area (Å²) in [7, 11) is 0. The number of aryl methyl sites for hydroxylation is 1. The zero-order chi connectivity index (χ0) is 14.7. The smallest absolute Gasteiger partial charge is 0.269 e. The maximum atomic E-state index is 12.1. The van der Waals surface area contributed by atoms with Gasteiger partial charge in [0.25, 0.3) is 5.69 Å². The van der Waals surface area contributed by atoms with Crippen molar-refractivity contribution < 1.29 is 14.5 Å². The Bertz CT molecular complexity index is 568. The molecule has 0 unspecified atom stereocenters. The van der Waals surface area contributed by atoms with E-state index in [0.717, 1.165) is 5.56 Å². The second-order valence-electron chi connectivity index (χ2n) is 4.92. The molecular formula is C14H16N2O4. The zero-order valence-electron chi connectivity index (χ0n) is 11.3. The molecule has 0 saturated carbocycles. The van der Waals surface area contributed by atoms with Crippen molar-refractivity contribution in [1.29, 1.82) is 0 Å². The number of rotatable bonds is 4. The van der Waals surface area contributed by atoms with Gasteiger partial charge in [0.1, 0.15) is 5.78 Å². The molecule has 0 aromatic heterocycles. The summed E-state index contributed by atoms with van der Waals surface area (Å²) in [4.78, 5) is 35.1.